The maximum Gasteiger partial charge on any atom is 0.266 e. The Morgan fingerprint density at radius 2 is 2.32 bits per heavy atom. The molecule has 1 atom stereocenters. The number of hydrogen-bond acceptors (Lipinski definition) is 4. The van der Waals surface area contributed by atoms with E-state index in [0.29, 0.717) is 21.0 Å². The minimum atomic E-state index is -0.664. The number of thioether (sulfide) groups is 1. The summed E-state index contributed by atoms with van der Waals surface area (Å²) in [6.45, 7) is 2.39. The van der Waals surface area contributed by atoms with Gasteiger partial charge in [-0.05, 0) is 25.1 Å². The van der Waals surface area contributed by atoms with Crippen LogP contribution in [-0.4, -0.2) is 29.5 Å². The van der Waals surface area contributed by atoms with Crippen molar-refractivity contribution in [1.82, 2.24) is 5.32 Å². The zero-order valence-electron chi connectivity index (χ0n) is 10.2. The van der Waals surface area contributed by atoms with E-state index in [1.807, 2.05) is 0 Å². The summed E-state index contributed by atoms with van der Waals surface area (Å²) in [5, 5.41) is 4.25. The lowest BCUT2D eigenvalue weighted by Gasteiger charge is -2.15. The first-order valence-corrected chi connectivity index (χ1v) is 7.40. The van der Waals surface area contributed by atoms with Crippen molar-refractivity contribution in [2.24, 2.45) is 4.99 Å². The van der Waals surface area contributed by atoms with Crippen molar-refractivity contribution in [3.63, 3.8) is 0 Å². The first kappa shape index (κ1) is 14.5. The number of carbonyl (C=O) groups is 1. The zero-order valence-corrected chi connectivity index (χ0v) is 12.5. The van der Waals surface area contributed by atoms with Crippen LogP contribution < -0.4 is 10.1 Å². The standard InChI is InChI=1S/C12H12Cl2N2O2S/c1-7(11(17)16-12-15-4-5-19-12)18-10-3-2-8(13)6-9(10)14/h2-3,6-7H,4-5H2,1H3,(H,15,16,17)/t7-/m0/s1. The molecule has 2 rings (SSSR count). The molecular formula is C12H12Cl2N2O2S. The van der Waals surface area contributed by atoms with Crippen molar-refractivity contribution in [3.8, 4) is 5.75 Å². The van der Waals surface area contributed by atoms with Crippen LogP contribution >= 0.6 is 35.0 Å². The van der Waals surface area contributed by atoms with Gasteiger partial charge in [0.1, 0.15) is 5.75 Å². The van der Waals surface area contributed by atoms with E-state index in [0.717, 1.165) is 12.3 Å². The predicted octanol–water partition coefficient (Wildman–Crippen LogP) is 2.98. The Bertz CT molecular complexity index is 522. The van der Waals surface area contributed by atoms with Crippen LogP contribution in [0, 0.1) is 0 Å². The van der Waals surface area contributed by atoms with E-state index >= 15 is 0 Å². The average molecular weight is 319 g/mol. The maximum absolute atomic E-state index is 11.9. The fraction of sp³-hybridized carbons (Fsp3) is 0.333. The summed E-state index contributed by atoms with van der Waals surface area (Å²) in [4.78, 5) is 16.0. The van der Waals surface area contributed by atoms with E-state index in [-0.39, 0.29) is 5.91 Å². The topological polar surface area (TPSA) is 50.7 Å². The van der Waals surface area contributed by atoms with Gasteiger partial charge in [0, 0.05) is 10.8 Å². The molecule has 0 bridgehead atoms. The fourth-order valence-electron chi connectivity index (χ4n) is 1.43. The van der Waals surface area contributed by atoms with Crippen molar-refractivity contribution >= 4 is 46.0 Å². The van der Waals surface area contributed by atoms with Gasteiger partial charge in [-0.25, -0.2) is 0 Å². The van der Waals surface area contributed by atoms with Gasteiger partial charge in [0.2, 0.25) is 0 Å². The SMILES string of the molecule is C[C@H](Oc1ccc(Cl)cc1Cl)C(=O)NC1=NCCS1. The van der Waals surface area contributed by atoms with E-state index in [2.05, 4.69) is 10.3 Å². The van der Waals surface area contributed by atoms with E-state index in [9.17, 15) is 4.79 Å². The van der Waals surface area contributed by atoms with Crippen molar-refractivity contribution in [3.05, 3.63) is 28.2 Å². The lowest BCUT2D eigenvalue weighted by Crippen LogP contribution is -2.38. The highest BCUT2D eigenvalue weighted by Gasteiger charge is 2.19. The molecule has 1 aliphatic heterocycles. The second-order valence-electron chi connectivity index (χ2n) is 3.86. The second-order valence-corrected chi connectivity index (χ2v) is 5.79. The molecule has 0 aliphatic carbocycles. The highest BCUT2D eigenvalue weighted by molar-refractivity contribution is 8.14. The Labute approximate surface area is 125 Å². The van der Waals surface area contributed by atoms with E-state index in [1.54, 1.807) is 25.1 Å². The van der Waals surface area contributed by atoms with Crippen molar-refractivity contribution in [2.45, 2.75) is 13.0 Å². The molecule has 0 spiro atoms. The Morgan fingerprint density at radius 3 is 2.95 bits per heavy atom. The van der Waals surface area contributed by atoms with Gasteiger partial charge in [0.25, 0.3) is 5.91 Å². The molecule has 1 amide bonds. The Hall–Kier alpha value is -0.910. The first-order valence-electron chi connectivity index (χ1n) is 5.66. The monoisotopic (exact) mass is 318 g/mol. The normalized spacial score (nSPS) is 15.8. The molecule has 0 unspecified atom stereocenters. The third-order valence-corrected chi connectivity index (χ3v) is 3.80. The van der Waals surface area contributed by atoms with Crippen LogP contribution in [0.15, 0.2) is 23.2 Å². The average Bonchev–Trinajstić information content (AvgIpc) is 2.85. The van der Waals surface area contributed by atoms with Crippen LogP contribution in [0.2, 0.25) is 10.0 Å². The summed E-state index contributed by atoms with van der Waals surface area (Å²) in [5.41, 5.74) is 0. The quantitative estimate of drug-likeness (QED) is 0.932. The lowest BCUT2D eigenvalue weighted by molar-refractivity contribution is -0.125. The molecule has 19 heavy (non-hydrogen) atoms. The van der Waals surface area contributed by atoms with Crippen LogP contribution in [0.4, 0.5) is 0 Å². The van der Waals surface area contributed by atoms with Crippen molar-refractivity contribution in [2.75, 3.05) is 12.3 Å². The van der Waals surface area contributed by atoms with Gasteiger partial charge in [0.05, 0.1) is 11.6 Å². The number of carbonyl (C=O) groups excluding carboxylic acids is 1. The molecule has 1 aliphatic rings. The molecule has 0 aromatic heterocycles. The van der Waals surface area contributed by atoms with E-state index in [1.165, 1.54) is 11.8 Å². The minimum Gasteiger partial charge on any atom is -0.479 e. The van der Waals surface area contributed by atoms with Crippen LogP contribution in [0.5, 0.6) is 5.75 Å². The van der Waals surface area contributed by atoms with E-state index in [4.69, 9.17) is 27.9 Å². The second kappa shape index (κ2) is 6.50. The molecule has 7 heteroatoms. The highest BCUT2D eigenvalue weighted by Crippen LogP contribution is 2.28. The molecule has 0 radical (unpaired) electrons. The Kier molecular flexibility index (Phi) is 4.96. The molecule has 0 saturated heterocycles. The number of aliphatic imine (C=N–C) groups is 1. The van der Waals surface area contributed by atoms with Crippen LogP contribution in [0.25, 0.3) is 0 Å². The third-order valence-electron chi connectivity index (χ3n) is 2.38. The molecule has 0 fully saturated rings. The summed E-state index contributed by atoms with van der Waals surface area (Å²) in [6, 6.07) is 4.86. The fourth-order valence-corrected chi connectivity index (χ4v) is 2.62. The van der Waals surface area contributed by atoms with Crippen LogP contribution in [0.3, 0.4) is 0 Å². The smallest absolute Gasteiger partial charge is 0.266 e. The predicted molar refractivity (Wildman–Crippen MR) is 79.5 cm³/mol. The van der Waals surface area contributed by atoms with Gasteiger partial charge in [-0.15, -0.1) is 0 Å². The molecule has 0 saturated carbocycles. The number of nitrogens with one attached hydrogen (secondary N) is 1. The molecule has 1 aromatic rings. The number of amides is 1. The summed E-state index contributed by atoms with van der Waals surface area (Å²) < 4.78 is 5.51. The van der Waals surface area contributed by atoms with E-state index < -0.39 is 6.10 Å². The Balaban J connectivity index is 1.96. The van der Waals surface area contributed by atoms with Gasteiger partial charge >= 0.3 is 0 Å². The van der Waals surface area contributed by atoms with Crippen LogP contribution in [-0.2, 0) is 4.79 Å². The van der Waals surface area contributed by atoms with Crippen molar-refractivity contribution < 1.29 is 9.53 Å². The molecular weight excluding hydrogens is 307 g/mol. The summed E-state index contributed by atoms with van der Waals surface area (Å²) in [5.74, 6) is 1.07. The molecule has 1 heterocycles. The van der Waals surface area contributed by atoms with Gasteiger partial charge < -0.3 is 10.1 Å². The molecule has 1 aromatic carbocycles. The summed E-state index contributed by atoms with van der Waals surface area (Å²) in [7, 11) is 0. The number of ether oxygens (including phenoxy) is 1. The van der Waals surface area contributed by atoms with Gasteiger partial charge in [0.15, 0.2) is 11.3 Å². The highest BCUT2D eigenvalue weighted by atomic mass is 35.5. The maximum atomic E-state index is 11.9. The number of rotatable bonds is 3. The Morgan fingerprint density at radius 1 is 1.53 bits per heavy atom. The lowest BCUT2D eigenvalue weighted by atomic mass is 10.3. The minimum absolute atomic E-state index is 0.251. The number of amidine groups is 1. The van der Waals surface area contributed by atoms with Gasteiger partial charge in [-0.1, -0.05) is 35.0 Å². The summed E-state index contributed by atoms with van der Waals surface area (Å²) in [6.07, 6.45) is -0.664. The third kappa shape index (κ3) is 4.03. The first-order chi connectivity index (χ1) is 9.06. The molecule has 4 nitrogen and oxygen atoms in total. The number of benzene rings is 1. The molecule has 1 N–H and O–H groups in total. The zero-order chi connectivity index (χ0) is 13.8. The number of nitrogens with zero attached hydrogens (tertiary/aromatic N) is 1. The van der Waals surface area contributed by atoms with Gasteiger partial charge in [-0.3, -0.25) is 9.79 Å². The molecule has 102 valence electrons. The largest absolute Gasteiger partial charge is 0.479 e. The van der Waals surface area contributed by atoms with Crippen molar-refractivity contribution in [1.29, 1.82) is 0 Å². The van der Waals surface area contributed by atoms with Gasteiger partial charge in [-0.2, -0.15) is 0 Å². The summed E-state index contributed by atoms with van der Waals surface area (Å²) >= 11 is 13.3. The van der Waals surface area contributed by atoms with Crippen LogP contribution in [0.1, 0.15) is 6.92 Å². The number of hydrogen-bond donors (Lipinski definition) is 1. The number of halogens is 2.